The molecule has 1 N–H and O–H groups in total. The number of aromatic amines is 1. The molecule has 0 amide bonds. The second-order valence-electron chi connectivity index (χ2n) is 6.70. The average Bonchev–Trinajstić information content (AvgIpc) is 2.76. The molecule has 0 saturated carbocycles. The molecular weight excluding hydrogens is 370 g/mol. The molecule has 154 valence electrons. The van der Waals surface area contributed by atoms with E-state index >= 15 is 0 Å². The Bertz CT molecular complexity index is 1010. The Morgan fingerprint density at radius 1 is 1.00 bits per heavy atom. The van der Waals surface area contributed by atoms with Gasteiger partial charge in [-0.05, 0) is 36.7 Å². The summed E-state index contributed by atoms with van der Waals surface area (Å²) in [5, 5.41) is 0.479. The van der Waals surface area contributed by atoms with Crippen LogP contribution < -0.4 is 19.8 Å². The number of hydrogen-bond donors (Lipinski definition) is 1. The van der Waals surface area contributed by atoms with Gasteiger partial charge in [0.05, 0.1) is 38.8 Å². The minimum atomic E-state index is -0.183. The van der Waals surface area contributed by atoms with Crippen LogP contribution in [0.4, 0.5) is 0 Å². The van der Waals surface area contributed by atoms with Crippen molar-refractivity contribution in [2.24, 2.45) is 0 Å². The third-order valence-electron chi connectivity index (χ3n) is 4.96. The lowest BCUT2D eigenvalue weighted by Gasteiger charge is -2.20. The van der Waals surface area contributed by atoms with Gasteiger partial charge >= 0.3 is 0 Å². The van der Waals surface area contributed by atoms with Gasteiger partial charge in [0.25, 0.3) is 5.56 Å². The van der Waals surface area contributed by atoms with Crippen LogP contribution in [0, 0.1) is 0 Å². The van der Waals surface area contributed by atoms with Gasteiger partial charge in [0.2, 0.25) is 0 Å². The van der Waals surface area contributed by atoms with Gasteiger partial charge in [0.1, 0.15) is 11.6 Å². The highest BCUT2D eigenvalue weighted by Gasteiger charge is 2.13. The van der Waals surface area contributed by atoms with Crippen LogP contribution in [0.25, 0.3) is 10.9 Å². The maximum absolute atomic E-state index is 12.6. The van der Waals surface area contributed by atoms with Crippen LogP contribution in [0.15, 0.2) is 41.2 Å². The molecule has 1 aromatic heterocycles. The Morgan fingerprint density at radius 2 is 1.69 bits per heavy atom. The SMILES string of the molecule is CCN(CCc1ccc(OC)cc1)Cc1nc2cc(OC)c(OC)cc2c(=O)[nH]1. The van der Waals surface area contributed by atoms with Crippen LogP contribution in [0.2, 0.25) is 0 Å². The molecule has 2 aromatic carbocycles. The summed E-state index contributed by atoms with van der Waals surface area (Å²) in [6, 6.07) is 11.5. The standard InChI is InChI=1S/C22H27N3O4/c1-5-25(11-10-15-6-8-16(27-2)9-7-15)14-21-23-18-13-20(29-4)19(28-3)12-17(18)22(26)24-21/h6-9,12-13H,5,10-11,14H2,1-4H3,(H,23,24,26). The lowest BCUT2D eigenvalue weighted by molar-refractivity contribution is 0.276. The Labute approximate surface area is 170 Å². The van der Waals surface area contributed by atoms with E-state index in [4.69, 9.17) is 14.2 Å². The quantitative estimate of drug-likeness (QED) is 0.598. The van der Waals surface area contributed by atoms with E-state index in [2.05, 4.69) is 33.9 Å². The summed E-state index contributed by atoms with van der Waals surface area (Å²) in [5.74, 6) is 2.54. The summed E-state index contributed by atoms with van der Waals surface area (Å²) in [6.07, 6.45) is 0.903. The molecule has 3 aromatic rings. The minimum absolute atomic E-state index is 0.183. The Balaban J connectivity index is 1.76. The molecule has 0 atom stereocenters. The summed E-state index contributed by atoms with van der Waals surface area (Å²) in [4.78, 5) is 22.3. The van der Waals surface area contributed by atoms with Gasteiger partial charge in [0.15, 0.2) is 11.5 Å². The van der Waals surface area contributed by atoms with Crippen LogP contribution >= 0.6 is 0 Å². The van der Waals surface area contributed by atoms with E-state index in [0.29, 0.717) is 34.8 Å². The molecule has 0 aliphatic carbocycles. The molecule has 0 radical (unpaired) electrons. The number of nitrogens with zero attached hydrogens (tertiary/aromatic N) is 2. The molecule has 0 spiro atoms. The van der Waals surface area contributed by atoms with Gasteiger partial charge < -0.3 is 19.2 Å². The molecule has 0 aliphatic rings. The second-order valence-corrected chi connectivity index (χ2v) is 6.70. The number of hydrogen-bond acceptors (Lipinski definition) is 6. The summed E-state index contributed by atoms with van der Waals surface area (Å²) in [5.41, 5.74) is 1.64. The Kier molecular flexibility index (Phi) is 6.72. The highest BCUT2D eigenvalue weighted by Crippen LogP contribution is 2.29. The normalized spacial score (nSPS) is 11.1. The molecule has 0 fully saturated rings. The number of aromatic nitrogens is 2. The van der Waals surface area contributed by atoms with Gasteiger partial charge in [-0.1, -0.05) is 19.1 Å². The summed E-state index contributed by atoms with van der Waals surface area (Å²) >= 11 is 0. The molecule has 3 rings (SSSR count). The van der Waals surface area contributed by atoms with Gasteiger partial charge in [-0.25, -0.2) is 4.98 Å². The topological polar surface area (TPSA) is 76.7 Å². The molecule has 7 nitrogen and oxygen atoms in total. The Morgan fingerprint density at radius 3 is 2.31 bits per heavy atom. The number of fused-ring (bicyclic) bond motifs is 1. The van der Waals surface area contributed by atoms with Crippen molar-refractivity contribution >= 4 is 10.9 Å². The number of benzene rings is 2. The van der Waals surface area contributed by atoms with Crippen LogP contribution in [0.3, 0.4) is 0 Å². The van der Waals surface area contributed by atoms with E-state index in [9.17, 15) is 4.79 Å². The molecule has 0 saturated heterocycles. The predicted molar refractivity (Wildman–Crippen MR) is 113 cm³/mol. The third-order valence-corrected chi connectivity index (χ3v) is 4.96. The smallest absolute Gasteiger partial charge is 0.258 e. The van der Waals surface area contributed by atoms with Gasteiger partial charge in [-0.2, -0.15) is 0 Å². The lowest BCUT2D eigenvalue weighted by atomic mass is 10.1. The van der Waals surface area contributed by atoms with E-state index in [0.717, 1.165) is 25.3 Å². The third kappa shape index (κ3) is 4.86. The monoisotopic (exact) mass is 397 g/mol. The number of methoxy groups -OCH3 is 3. The van der Waals surface area contributed by atoms with Crippen molar-refractivity contribution in [3.63, 3.8) is 0 Å². The van der Waals surface area contributed by atoms with Crippen molar-refractivity contribution in [2.75, 3.05) is 34.4 Å². The van der Waals surface area contributed by atoms with Crippen molar-refractivity contribution in [3.05, 3.63) is 58.1 Å². The van der Waals surface area contributed by atoms with Crippen LogP contribution in [-0.2, 0) is 13.0 Å². The maximum Gasteiger partial charge on any atom is 0.258 e. The summed E-state index contributed by atoms with van der Waals surface area (Å²) in [7, 11) is 4.77. The fourth-order valence-electron chi connectivity index (χ4n) is 3.23. The van der Waals surface area contributed by atoms with Crippen LogP contribution in [0.5, 0.6) is 17.2 Å². The minimum Gasteiger partial charge on any atom is -0.497 e. The largest absolute Gasteiger partial charge is 0.497 e. The molecule has 0 bridgehead atoms. The zero-order valence-corrected chi connectivity index (χ0v) is 17.3. The zero-order valence-electron chi connectivity index (χ0n) is 17.3. The average molecular weight is 397 g/mol. The van der Waals surface area contributed by atoms with Crippen LogP contribution in [0.1, 0.15) is 18.3 Å². The number of ether oxygens (including phenoxy) is 3. The summed E-state index contributed by atoms with van der Waals surface area (Å²) < 4.78 is 15.8. The van der Waals surface area contributed by atoms with E-state index < -0.39 is 0 Å². The molecule has 1 heterocycles. The molecule has 7 heteroatoms. The van der Waals surface area contributed by atoms with Gasteiger partial charge in [0, 0.05) is 12.6 Å². The van der Waals surface area contributed by atoms with Gasteiger partial charge in [-0.3, -0.25) is 9.69 Å². The van der Waals surface area contributed by atoms with Crippen molar-refractivity contribution in [1.82, 2.24) is 14.9 Å². The molecule has 0 unspecified atom stereocenters. The predicted octanol–water partition coefficient (Wildman–Crippen LogP) is 3.01. The van der Waals surface area contributed by atoms with E-state index in [-0.39, 0.29) is 5.56 Å². The van der Waals surface area contributed by atoms with Crippen molar-refractivity contribution < 1.29 is 14.2 Å². The number of nitrogens with one attached hydrogen (secondary N) is 1. The van der Waals surface area contributed by atoms with E-state index in [1.807, 2.05) is 12.1 Å². The van der Waals surface area contributed by atoms with Crippen molar-refractivity contribution in [1.29, 1.82) is 0 Å². The first-order valence-corrected chi connectivity index (χ1v) is 9.58. The number of H-pyrrole nitrogens is 1. The summed E-state index contributed by atoms with van der Waals surface area (Å²) in [6.45, 7) is 4.37. The fraction of sp³-hybridized carbons (Fsp3) is 0.364. The van der Waals surface area contributed by atoms with Crippen molar-refractivity contribution in [2.45, 2.75) is 19.9 Å². The molecule has 0 aliphatic heterocycles. The molecular formula is C22H27N3O4. The highest BCUT2D eigenvalue weighted by atomic mass is 16.5. The first kappa shape index (κ1) is 20.7. The first-order valence-electron chi connectivity index (χ1n) is 9.58. The lowest BCUT2D eigenvalue weighted by Crippen LogP contribution is -2.27. The zero-order chi connectivity index (χ0) is 20.8. The van der Waals surface area contributed by atoms with E-state index in [1.165, 1.54) is 5.56 Å². The van der Waals surface area contributed by atoms with Crippen molar-refractivity contribution in [3.8, 4) is 17.2 Å². The van der Waals surface area contributed by atoms with Crippen LogP contribution in [-0.4, -0.2) is 49.3 Å². The second kappa shape index (κ2) is 9.43. The molecule has 29 heavy (non-hydrogen) atoms. The maximum atomic E-state index is 12.6. The first-order chi connectivity index (χ1) is 14.1. The Hall–Kier alpha value is -3.06. The fourth-order valence-corrected chi connectivity index (χ4v) is 3.23. The highest BCUT2D eigenvalue weighted by molar-refractivity contribution is 5.81. The van der Waals surface area contributed by atoms with E-state index in [1.54, 1.807) is 33.5 Å². The number of likely N-dealkylation sites (N-methyl/N-ethyl adjacent to an activating group) is 1. The van der Waals surface area contributed by atoms with Gasteiger partial charge in [-0.15, -0.1) is 0 Å². The number of rotatable bonds is 9.